The van der Waals surface area contributed by atoms with Crippen molar-refractivity contribution in [2.45, 2.75) is 0 Å². The fourth-order valence-corrected chi connectivity index (χ4v) is 0.618. The topological polar surface area (TPSA) is 84.9 Å². The lowest BCUT2D eigenvalue weighted by Crippen LogP contribution is -2.06. The molecule has 1 unspecified atom stereocenters. The standard InChI is InChI=1S/C4H12NO4P/c5-10(7)9-4-3-8-2-1-6/h6-7H,1-5H2. The second kappa shape index (κ2) is 7.34. The summed E-state index contributed by atoms with van der Waals surface area (Å²) in [5.74, 6) is 0. The molecule has 0 aromatic heterocycles. The summed E-state index contributed by atoms with van der Waals surface area (Å²) >= 11 is 0. The molecule has 5 nitrogen and oxygen atoms in total. The maximum absolute atomic E-state index is 8.42. The zero-order chi connectivity index (χ0) is 7.82. The zero-order valence-electron chi connectivity index (χ0n) is 5.56. The maximum atomic E-state index is 8.42. The Hall–Kier alpha value is 0.230. The summed E-state index contributed by atoms with van der Waals surface area (Å²) in [7, 11) is -1.76. The molecule has 6 heteroatoms. The predicted molar refractivity (Wildman–Crippen MR) is 37.2 cm³/mol. The smallest absolute Gasteiger partial charge is 0.250 e. The maximum Gasteiger partial charge on any atom is 0.250 e. The largest absolute Gasteiger partial charge is 0.394 e. The van der Waals surface area contributed by atoms with Gasteiger partial charge in [-0.15, -0.1) is 0 Å². The van der Waals surface area contributed by atoms with Gasteiger partial charge >= 0.3 is 0 Å². The lowest BCUT2D eigenvalue weighted by molar-refractivity contribution is 0.0709. The summed E-state index contributed by atoms with van der Waals surface area (Å²) in [4.78, 5) is 8.42. The molecule has 0 saturated carbocycles. The van der Waals surface area contributed by atoms with Crippen LogP contribution in [0.1, 0.15) is 0 Å². The van der Waals surface area contributed by atoms with E-state index in [-0.39, 0.29) is 19.8 Å². The zero-order valence-corrected chi connectivity index (χ0v) is 6.46. The van der Waals surface area contributed by atoms with Crippen LogP contribution >= 0.6 is 8.53 Å². The summed E-state index contributed by atoms with van der Waals surface area (Å²) in [6.45, 7) is 0.893. The van der Waals surface area contributed by atoms with Gasteiger partial charge < -0.3 is 19.3 Å². The third-order valence-corrected chi connectivity index (χ3v) is 1.13. The number of rotatable bonds is 6. The Morgan fingerprint density at radius 3 is 2.50 bits per heavy atom. The van der Waals surface area contributed by atoms with E-state index in [2.05, 4.69) is 4.52 Å². The fraction of sp³-hybridized carbons (Fsp3) is 1.00. The summed E-state index contributed by atoms with van der Waals surface area (Å²) in [6, 6.07) is 0. The second-order valence-corrected chi connectivity index (χ2v) is 2.33. The molecule has 0 spiro atoms. The average Bonchev–Trinajstić information content (AvgIpc) is 1.87. The molecule has 4 N–H and O–H groups in total. The van der Waals surface area contributed by atoms with Crippen molar-refractivity contribution < 1.29 is 19.3 Å². The average molecular weight is 169 g/mol. The quantitative estimate of drug-likeness (QED) is 0.357. The minimum atomic E-state index is -1.76. The van der Waals surface area contributed by atoms with Crippen molar-refractivity contribution in [3.63, 3.8) is 0 Å². The fourth-order valence-electron chi connectivity index (χ4n) is 0.356. The van der Waals surface area contributed by atoms with Crippen LogP contribution < -0.4 is 5.50 Å². The lowest BCUT2D eigenvalue weighted by Gasteiger charge is -2.04. The minimum absolute atomic E-state index is 0.00346. The number of hydrogen-bond donors (Lipinski definition) is 3. The van der Waals surface area contributed by atoms with Gasteiger partial charge in [-0.25, -0.2) is 0 Å². The SMILES string of the molecule is NP(O)OCCOCCO. The second-order valence-electron chi connectivity index (χ2n) is 1.47. The van der Waals surface area contributed by atoms with Crippen LogP contribution in [-0.2, 0) is 9.26 Å². The Labute approximate surface area is 60.7 Å². The molecule has 0 aliphatic rings. The van der Waals surface area contributed by atoms with Crippen LogP contribution in [0.4, 0.5) is 0 Å². The number of nitrogens with two attached hydrogens (primary N) is 1. The van der Waals surface area contributed by atoms with Crippen molar-refractivity contribution >= 4 is 8.53 Å². The van der Waals surface area contributed by atoms with Crippen molar-refractivity contribution in [1.82, 2.24) is 0 Å². The predicted octanol–water partition coefficient (Wildman–Crippen LogP) is -0.810. The van der Waals surface area contributed by atoms with Crippen LogP contribution in [0, 0.1) is 0 Å². The molecule has 0 radical (unpaired) electrons. The number of aliphatic hydroxyl groups excluding tert-OH is 1. The van der Waals surface area contributed by atoms with Crippen molar-refractivity contribution in [2.24, 2.45) is 5.50 Å². The summed E-state index contributed by atoms with van der Waals surface area (Å²) in [5.41, 5.74) is 4.90. The Kier molecular flexibility index (Phi) is 7.51. The van der Waals surface area contributed by atoms with E-state index in [1.165, 1.54) is 0 Å². The van der Waals surface area contributed by atoms with Crippen molar-refractivity contribution in [3.8, 4) is 0 Å². The van der Waals surface area contributed by atoms with Gasteiger partial charge in [-0.2, -0.15) is 0 Å². The highest BCUT2D eigenvalue weighted by Gasteiger charge is 1.94. The van der Waals surface area contributed by atoms with Crippen LogP contribution in [0.2, 0.25) is 0 Å². The first-order valence-electron chi connectivity index (χ1n) is 2.82. The van der Waals surface area contributed by atoms with Gasteiger partial charge in [0, 0.05) is 0 Å². The van der Waals surface area contributed by atoms with E-state index in [0.717, 1.165) is 0 Å². The molecule has 0 aliphatic carbocycles. The van der Waals surface area contributed by atoms with Crippen LogP contribution in [0.3, 0.4) is 0 Å². The molecule has 0 aromatic carbocycles. The molecule has 0 bridgehead atoms. The summed E-state index contributed by atoms with van der Waals surface area (Å²) in [5, 5.41) is 8.24. The van der Waals surface area contributed by atoms with Crippen molar-refractivity contribution in [2.75, 3.05) is 26.4 Å². The Morgan fingerprint density at radius 1 is 1.30 bits per heavy atom. The minimum Gasteiger partial charge on any atom is -0.394 e. The molecule has 0 rings (SSSR count). The molecule has 0 fully saturated rings. The Bertz CT molecular complexity index is 72.3. The highest BCUT2D eigenvalue weighted by atomic mass is 31.2. The number of hydrogen-bond acceptors (Lipinski definition) is 5. The van der Waals surface area contributed by atoms with E-state index < -0.39 is 8.53 Å². The van der Waals surface area contributed by atoms with E-state index in [4.69, 9.17) is 20.2 Å². The molecule has 1 atom stereocenters. The van der Waals surface area contributed by atoms with Crippen LogP contribution in [0.5, 0.6) is 0 Å². The van der Waals surface area contributed by atoms with Gasteiger partial charge in [0.2, 0.25) is 8.53 Å². The first-order chi connectivity index (χ1) is 4.77. The van der Waals surface area contributed by atoms with Crippen LogP contribution in [0.15, 0.2) is 0 Å². The first kappa shape index (κ1) is 10.2. The van der Waals surface area contributed by atoms with Gasteiger partial charge in [0.1, 0.15) is 0 Å². The molecule has 62 valence electrons. The van der Waals surface area contributed by atoms with Crippen molar-refractivity contribution in [1.29, 1.82) is 0 Å². The van der Waals surface area contributed by atoms with Crippen LogP contribution in [0.25, 0.3) is 0 Å². The molecule has 0 saturated heterocycles. The molecule has 0 aromatic rings. The number of aliphatic hydroxyl groups is 1. The molecule has 10 heavy (non-hydrogen) atoms. The highest BCUT2D eigenvalue weighted by Crippen LogP contribution is 2.17. The van der Waals surface area contributed by atoms with Gasteiger partial charge in [-0.1, -0.05) is 0 Å². The van der Waals surface area contributed by atoms with E-state index in [0.29, 0.717) is 6.61 Å². The monoisotopic (exact) mass is 169 g/mol. The van der Waals surface area contributed by atoms with E-state index in [1.807, 2.05) is 0 Å². The normalized spacial score (nSPS) is 13.5. The van der Waals surface area contributed by atoms with E-state index >= 15 is 0 Å². The van der Waals surface area contributed by atoms with Crippen LogP contribution in [-0.4, -0.2) is 36.4 Å². The van der Waals surface area contributed by atoms with Gasteiger partial charge in [0.25, 0.3) is 0 Å². The molecule has 0 aliphatic heterocycles. The van der Waals surface area contributed by atoms with Gasteiger partial charge in [-0.3, -0.25) is 5.50 Å². The van der Waals surface area contributed by atoms with Gasteiger partial charge in [0.15, 0.2) is 0 Å². The van der Waals surface area contributed by atoms with E-state index in [1.54, 1.807) is 0 Å². The lowest BCUT2D eigenvalue weighted by atomic mass is 10.7. The van der Waals surface area contributed by atoms with Crippen molar-refractivity contribution in [3.05, 3.63) is 0 Å². The van der Waals surface area contributed by atoms with Gasteiger partial charge in [0.05, 0.1) is 26.4 Å². The van der Waals surface area contributed by atoms with E-state index in [9.17, 15) is 0 Å². The molecule has 0 heterocycles. The van der Waals surface area contributed by atoms with Gasteiger partial charge in [-0.05, 0) is 0 Å². The molecule has 0 amide bonds. The third-order valence-electron chi connectivity index (χ3n) is 0.687. The third kappa shape index (κ3) is 8.23. The molecular weight excluding hydrogens is 157 g/mol. The Morgan fingerprint density at radius 2 is 2.00 bits per heavy atom. The summed E-state index contributed by atoms with van der Waals surface area (Å²) in [6.07, 6.45) is 0. The Balaban J connectivity index is 2.77. The summed E-state index contributed by atoms with van der Waals surface area (Å²) < 4.78 is 9.38. The molecular formula is C4H12NO4P. The highest BCUT2D eigenvalue weighted by molar-refractivity contribution is 7.43. The first-order valence-corrected chi connectivity index (χ1v) is 4.10. The number of ether oxygens (including phenoxy) is 1.